The second-order valence-electron chi connectivity index (χ2n) is 5.69. The molecule has 0 saturated carbocycles. The predicted molar refractivity (Wildman–Crippen MR) is 90.1 cm³/mol. The standard InChI is InChI=1S/C17H25ClN2O2/c1-4-20(12-13(2)3)16(21)6-5-11-19-17(22)14-7-9-15(18)10-8-14/h7-10,13H,4-6,11-12H2,1-3H3,(H,19,22). The van der Waals surface area contributed by atoms with Crippen molar-refractivity contribution in [2.45, 2.75) is 33.6 Å². The Hall–Kier alpha value is -1.55. The molecule has 0 radical (unpaired) electrons. The van der Waals surface area contributed by atoms with Gasteiger partial charge in [-0.1, -0.05) is 25.4 Å². The summed E-state index contributed by atoms with van der Waals surface area (Å²) in [7, 11) is 0. The third kappa shape index (κ3) is 6.48. The van der Waals surface area contributed by atoms with Gasteiger partial charge in [0.1, 0.15) is 0 Å². The molecule has 0 heterocycles. The minimum Gasteiger partial charge on any atom is -0.352 e. The van der Waals surface area contributed by atoms with Gasteiger partial charge in [0.2, 0.25) is 5.91 Å². The molecule has 4 nitrogen and oxygen atoms in total. The lowest BCUT2D eigenvalue weighted by molar-refractivity contribution is -0.131. The van der Waals surface area contributed by atoms with E-state index in [2.05, 4.69) is 19.2 Å². The molecular formula is C17H25ClN2O2. The highest BCUT2D eigenvalue weighted by Gasteiger charge is 2.12. The Labute approximate surface area is 137 Å². The Kier molecular flexibility index (Phi) is 7.96. The van der Waals surface area contributed by atoms with Gasteiger partial charge >= 0.3 is 0 Å². The van der Waals surface area contributed by atoms with Crippen molar-refractivity contribution in [1.29, 1.82) is 0 Å². The van der Waals surface area contributed by atoms with Crippen LogP contribution < -0.4 is 5.32 Å². The van der Waals surface area contributed by atoms with Crippen LogP contribution in [0.4, 0.5) is 0 Å². The molecule has 1 aromatic rings. The van der Waals surface area contributed by atoms with E-state index < -0.39 is 0 Å². The number of nitrogens with zero attached hydrogens (tertiary/aromatic N) is 1. The molecule has 0 saturated heterocycles. The number of amides is 2. The van der Waals surface area contributed by atoms with E-state index in [0.717, 1.165) is 13.1 Å². The summed E-state index contributed by atoms with van der Waals surface area (Å²) in [5.41, 5.74) is 0.575. The zero-order valence-electron chi connectivity index (χ0n) is 13.6. The lowest BCUT2D eigenvalue weighted by Gasteiger charge is -2.23. The fraction of sp³-hybridized carbons (Fsp3) is 0.529. The van der Waals surface area contributed by atoms with Crippen LogP contribution in [0.5, 0.6) is 0 Å². The summed E-state index contributed by atoms with van der Waals surface area (Å²) in [6.07, 6.45) is 1.11. The van der Waals surface area contributed by atoms with Crippen LogP contribution in [-0.2, 0) is 4.79 Å². The van der Waals surface area contributed by atoms with E-state index in [9.17, 15) is 9.59 Å². The van der Waals surface area contributed by atoms with Crippen LogP contribution in [-0.4, -0.2) is 36.3 Å². The van der Waals surface area contributed by atoms with Gasteiger partial charge in [-0.05, 0) is 43.5 Å². The number of halogens is 1. The zero-order chi connectivity index (χ0) is 16.5. The van der Waals surface area contributed by atoms with Gasteiger partial charge in [0, 0.05) is 36.6 Å². The Morgan fingerprint density at radius 2 is 1.86 bits per heavy atom. The molecule has 1 rings (SSSR count). The van der Waals surface area contributed by atoms with E-state index in [0.29, 0.717) is 35.9 Å². The van der Waals surface area contributed by atoms with Gasteiger partial charge in [-0.25, -0.2) is 0 Å². The molecule has 22 heavy (non-hydrogen) atoms. The second kappa shape index (κ2) is 9.46. The Morgan fingerprint density at radius 3 is 2.41 bits per heavy atom. The Bertz CT molecular complexity index is 486. The molecule has 5 heteroatoms. The number of hydrogen-bond donors (Lipinski definition) is 1. The second-order valence-corrected chi connectivity index (χ2v) is 6.13. The largest absolute Gasteiger partial charge is 0.352 e. The molecule has 0 unspecified atom stereocenters. The molecular weight excluding hydrogens is 300 g/mol. The van der Waals surface area contributed by atoms with Gasteiger partial charge in [-0.3, -0.25) is 9.59 Å². The summed E-state index contributed by atoms with van der Waals surface area (Å²) in [4.78, 5) is 25.8. The average Bonchev–Trinajstić information content (AvgIpc) is 2.49. The molecule has 0 aliphatic carbocycles. The third-order valence-corrected chi connectivity index (χ3v) is 3.53. The van der Waals surface area contributed by atoms with Crippen molar-refractivity contribution in [2.75, 3.05) is 19.6 Å². The van der Waals surface area contributed by atoms with Gasteiger partial charge in [-0.15, -0.1) is 0 Å². The first-order valence-corrected chi connectivity index (χ1v) is 8.13. The molecule has 0 aromatic heterocycles. The van der Waals surface area contributed by atoms with Crippen molar-refractivity contribution in [1.82, 2.24) is 10.2 Å². The van der Waals surface area contributed by atoms with Crippen LogP contribution in [0.25, 0.3) is 0 Å². The summed E-state index contributed by atoms with van der Waals surface area (Å²) in [5, 5.41) is 3.42. The van der Waals surface area contributed by atoms with Crippen molar-refractivity contribution in [3.05, 3.63) is 34.9 Å². The number of nitrogens with one attached hydrogen (secondary N) is 1. The smallest absolute Gasteiger partial charge is 0.251 e. The molecule has 2 amide bonds. The summed E-state index contributed by atoms with van der Waals surface area (Å²) >= 11 is 5.78. The third-order valence-electron chi connectivity index (χ3n) is 3.28. The fourth-order valence-electron chi connectivity index (χ4n) is 2.15. The average molecular weight is 325 g/mol. The van der Waals surface area contributed by atoms with Crippen molar-refractivity contribution >= 4 is 23.4 Å². The minimum atomic E-state index is -0.140. The van der Waals surface area contributed by atoms with E-state index >= 15 is 0 Å². The number of rotatable bonds is 8. The maximum Gasteiger partial charge on any atom is 0.251 e. The quantitative estimate of drug-likeness (QED) is 0.745. The fourth-order valence-corrected chi connectivity index (χ4v) is 2.28. The van der Waals surface area contributed by atoms with Crippen molar-refractivity contribution in [3.63, 3.8) is 0 Å². The van der Waals surface area contributed by atoms with Gasteiger partial charge in [0.05, 0.1) is 0 Å². The number of carbonyl (C=O) groups excluding carboxylic acids is 2. The van der Waals surface area contributed by atoms with Crippen LogP contribution >= 0.6 is 11.6 Å². The lowest BCUT2D eigenvalue weighted by atomic mass is 10.2. The molecule has 1 aromatic carbocycles. The zero-order valence-corrected chi connectivity index (χ0v) is 14.3. The van der Waals surface area contributed by atoms with E-state index in [-0.39, 0.29) is 11.8 Å². The topological polar surface area (TPSA) is 49.4 Å². The van der Waals surface area contributed by atoms with Crippen molar-refractivity contribution < 1.29 is 9.59 Å². The van der Waals surface area contributed by atoms with Crippen LogP contribution in [0.15, 0.2) is 24.3 Å². The van der Waals surface area contributed by atoms with Crippen LogP contribution in [0, 0.1) is 5.92 Å². The monoisotopic (exact) mass is 324 g/mol. The van der Waals surface area contributed by atoms with E-state index in [1.165, 1.54) is 0 Å². The van der Waals surface area contributed by atoms with Crippen molar-refractivity contribution in [3.8, 4) is 0 Å². The maximum atomic E-state index is 12.1. The first-order chi connectivity index (χ1) is 10.4. The highest BCUT2D eigenvalue weighted by Crippen LogP contribution is 2.09. The lowest BCUT2D eigenvalue weighted by Crippen LogP contribution is -2.34. The number of benzene rings is 1. The summed E-state index contributed by atoms with van der Waals surface area (Å²) in [6, 6.07) is 6.74. The van der Waals surface area contributed by atoms with E-state index in [4.69, 9.17) is 11.6 Å². The molecule has 0 atom stereocenters. The molecule has 0 bridgehead atoms. The van der Waals surface area contributed by atoms with Crippen molar-refractivity contribution in [2.24, 2.45) is 5.92 Å². The SMILES string of the molecule is CCN(CC(C)C)C(=O)CCCNC(=O)c1ccc(Cl)cc1. The Morgan fingerprint density at radius 1 is 1.23 bits per heavy atom. The minimum absolute atomic E-state index is 0.140. The molecule has 0 spiro atoms. The molecule has 122 valence electrons. The maximum absolute atomic E-state index is 12.1. The van der Waals surface area contributed by atoms with Gasteiger partial charge in [-0.2, -0.15) is 0 Å². The van der Waals surface area contributed by atoms with Gasteiger partial charge in [0.25, 0.3) is 5.91 Å². The molecule has 1 N–H and O–H groups in total. The number of hydrogen-bond acceptors (Lipinski definition) is 2. The van der Waals surface area contributed by atoms with Crippen LogP contribution in [0.3, 0.4) is 0 Å². The summed E-state index contributed by atoms with van der Waals surface area (Å²) < 4.78 is 0. The van der Waals surface area contributed by atoms with Crippen LogP contribution in [0.1, 0.15) is 44.0 Å². The van der Waals surface area contributed by atoms with Crippen LogP contribution in [0.2, 0.25) is 5.02 Å². The molecule has 0 fully saturated rings. The molecule has 0 aliphatic heterocycles. The van der Waals surface area contributed by atoms with Gasteiger partial charge in [0.15, 0.2) is 0 Å². The first-order valence-electron chi connectivity index (χ1n) is 7.75. The number of carbonyl (C=O) groups is 2. The Balaban J connectivity index is 2.30. The van der Waals surface area contributed by atoms with E-state index in [1.54, 1.807) is 24.3 Å². The molecule has 0 aliphatic rings. The summed E-state index contributed by atoms with van der Waals surface area (Å²) in [6.45, 7) is 8.19. The van der Waals surface area contributed by atoms with E-state index in [1.807, 2.05) is 11.8 Å². The van der Waals surface area contributed by atoms with Gasteiger partial charge < -0.3 is 10.2 Å². The normalized spacial score (nSPS) is 10.6. The first kappa shape index (κ1) is 18.5. The predicted octanol–water partition coefficient (Wildman–Crippen LogP) is 3.35. The highest BCUT2D eigenvalue weighted by atomic mass is 35.5. The highest BCUT2D eigenvalue weighted by molar-refractivity contribution is 6.30. The summed E-state index contributed by atoms with van der Waals surface area (Å²) in [5.74, 6) is 0.476.